The van der Waals surface area contributed by atoms with Crippen LogP contribution in [0.5, 0.6) is 0 Å². The van der Waals surface area contributed by atoms with Crippen LogP contribution >= 0.6 is 0 Å². The standard InChI is InChI=1S/C17H26/c1-5-8-13-17(14-9-6-2)15-10-12-16(4)11-7-3/h10,12H,5-6,8-9,13-14H2,1-4H3/b16-12-. The second-order valence-electron chi connectivity index (χ2n) is 4.35. The first-order valence-corrected chi connectivity index (χ1v) is 6.78. The molecule has 0 N–H and O–H groups in total. The van der Waals surface area contributed by atoms with E-state index >= 15 is 0 Å². The Morgan fingerprint density at radius 2 is 1.65 bits per heavy atom. The van der Waals surface area contributed by atoms with Crippen molar-refractivity contribution in [3.63, 3.8) is 0 Å². The summed E-state index contributed by atoms with van der Waals surface area (Å²) in [6, 6.07) is 0. The Morgan fingerprint density at radius 1 is 1.06 bits per heavy atom. The van der Waals surface area contributed by atoms with E-state index in [1.165, 1.54) is 44.1 Å². The molecule has 0 heterocycles. The first kappa shape index (κ1) is 15.8. The smallest absolute Gasteiger partial charge is 0.000479 e. The zero-order chi connectivity index (χ0) is 12.9. The molecule has 0 unspecified atom stereocenters. The molecule has 0 saturated carbocycles. The molecule has 0 spiro atoms. The quantitative estimate of drug-likeness (QED) is 0.311. The van der Waals surface area contributed by atoms with Crippen LogP contribution in [0.2, 0.25) is 0 Å². The lowest BCUT2D eigenvalue weighted by molar-refractivity contribution is 0.714. The lowest BCUT2D eigenvalue weighted by Gasteiger charge is -2.01. The fraction of sp³-hybridized carbons (Fsp3) is 0.588. The molecule has 0 aromatic heterocycles. The summed E-state index contributed by atoms with van der Waals surface area (Å²) >= 11 is 0. The summed E-state index contributed by atoms with van der Waals surface area (Å²) in [7, 11) is 0. The second kappa shape index (κ2) is 11.3. The van der Waals surface area contributed by atoms with Crippen molar-refractivity contribution in [2.45, 2.75) is 66.2 Å². The lowest BCUT2D eigenvalue weighted by Crippen LogP contribution is -1.83. The summed E-state index contributed by atoms with van der Waals surface area (Å²) in [6.07, 6.45) is 11.5. The van der Waals surface area contributed by atoms with E-state index in [0.29, 0.717) is 0 Å². The molecule has 0 aromatic rings. The van der Waals surface area contributed by atoms with Gasteiger partial charge in [0.1, 0.15) is 0 Å². The zero-order valence-corrected chi connectivity index (χ0v) is 11.9. The largest absolute Gasteiger partial charge is 0.122 e. The minimum atomic E-state index is 1.10. The number of rotatable bonds is 7. The molecule has 0 aromatic carbocycles. The second-order valence-corrected chi connectivity index (χ2v) is 4.35. The highest BCUT2D eigenvalue weighted by Gasteiger charge is 1.94. The Hall–Kier alpha value is -1.18. The van der Waals surface area contributed by atoms with Gasteiger partial charge in [-0.05, 0) is 62.8 Å². The van der Waals surface area contributed by atoms with Gasteiger partial charge in [0, 0.05) is 0 Å². The van der Waals surface area contributed by atoms with Crippen molar-refractivity contribution in [2.24, 2.45) is 0 Å². The van der Waals surface area contributed by atoms with Crippen LogP contribution in [-0.4, -0.2) is 0 Å². The van der Waals surface area contributed by atoms with Crippen molar-refractivity contribution in [3.05, 3.63) is 29.0 Å². The van der Waals surface area contributed by atoms with E-state index in [4.69, 9.17) is 0 Å². The Kier molecular flexibility index (Phi) is 10.5. The lowest BCUT2D eigenvalue weighted by atomic mass is 10.0. The maximum Gasteiger partial charge on any atom is -0.000479 e. The molecule has 0 saturated heterocycles. The van der Waals surface area contributed by atoms with Gasteiger partial charge < -0.3 is 0 Å². The van der Waals surface area contributed by atoms with Gasteiger partial charge >= 0.3 is 0 Å². The number of unbranched alkanes of at least 4 members (excludes halogenated alkanes) is 2. The molecular weight excluding hydrogens is 204 g/mol. The third-order valence-electron chi connectivity index (χ3n) is 2.61. The summed E-state index contributed by atoms with van der Waals surface area (Å²) in [5.41, 5.74) is 5.99. The molecule has 0 aliphatic rings. The molecule has 0 amide bonds. The predicted molar refractivity (Wildman–Crippen MR) is 77.9 cm³/mol. The molecule has 0 bridgehead atoms. The molecule has 0 aliphatic heterocycles. The van der Waals surface area contributed by atoms with Crippen LogP contribution in [0.1, 0.15) is 66.2 Å². The first-order chi connectivity index (χ1) is 8.24. The fourth-order valence-electron chi connectivity index (χ4n) is 1.57. The van der Waals surface area contributed by atoms with Crippen LogP contribution in [0.15, 0.2) is 29.0 Å². The van der Waals surface area contributed by atoms with E-state index < -0.39 is 0 Å². The minimum Gasteiger partial charge on any atom is -0.122 e. The maximum atomic E-state index is 3.43. The predicted octanol–water partition coefficient (Wildman–Crippen LogP) is 5.42. The Labute approximate surface area is 108 Å². The molecule has 0 heteroatoms. The molecular formula is C17H26. The molecule has 0 rings (SSSR count). The van der Waals surface area contributed by atoms with Crippen molar-refractivity contribution < 1.29 is 0 Å². The molecule has 17 heavy (non-hydrogen) atoms. The van der Waals surface area contributed by atoms with Crippen molar-refractivity contribution in [1.29, 1.82) is 0 Å². The summed E-state index contributed by atoms with van der Waals surface area (Å²) in [5.74, 6) is 5.94. The molecule has 0 radical (unpaired) electrons. The normalized spacial score (nSPS) is 10.2. The topological polar surface area (TPSA) is 0 Å². The molecule has 0 atom stereocenters. The summed E-state index contributed by atoms with van der Waals surface area (Å²) in [5, 5.41) is 0. The monoisotopic (exact) mass is 230 g/mol. The van der Waals surface area contributed by atoms with Gasteiger partial charge in [0.15, 0.2) is 0 Å². The van der Waals surface area contributed by atoms with E-state index in [-0.39, 0.29) is 0 Å². The average Bonchev–Trinajstić information content (AvgIpc) is 2.32. The maximum absolute atomic E-state index is 3.43. The van der Waals surface area contributed by atoms with Crippen molar-refractivity contribution in [3.8, 4) is 11.8 Å². The highest BCUT2D eigenvalue weighted by molar-refractivity contribution is 5.29. The summed E-state index contributed by atoms with van der Waals surface area (Å²) < 4.78 is 0. The Morgan fingerprint density at radius 3 is 2.12 bits per heavy atom. The zero-order valence-electron chi connectivity index (χ0n) is 11.9. The molecule has 0 fully saturated rings. The third-order valence-corrected chi connectivity index (χ3v) is 2.61. The van der Waals surface area contributed by atoms with E-state index in [1.54, 1.807) is 0 Å². The molecule has 0 aliphatic carbocycles. The van der Waals surface area contributed by atoms with Crippen molar-refractivity contribution in [2.75, 3.05) is 0 Å². The van der Waals surface area contributed by atoms with Gasteiger partial charge in [-0.3, -0.25) is 0 Å². The minimum absolute atomic E-state index is 1.10. The van der Waals surface area contributed by atoms with Crippen molar-refractivity contribution >= 4 is 0 Å². The van der Waals surface area contributed by atoms with E-state index in [1.807, 2.05) is 26.0 Å². The average molecular weight is 230 g/mol. The van der Waals surface area contributed by atoms with Crippen LogP contribution in [0.25, 0.3) is 0 Å². The highest BCUT2D eigenvalue weighted by atomic mass is 14.0. The van der Waals surface area contributed by atoms with Gasteiger partial charge in [-0.15, -0.1) is 11.7 Å². The van der Waals surface area contributed by atoms with Gasteiger partial charge in [-0.25, -0.2) is 0 Å². The van der Waals surface area contributed by atoms with Crippen LogP contribution in [-0.2, 0) is 0 Å². The Bertz CT molecular complexity index is 328. The van der Waals surface area contributed by atoms with Crippen LogP contribution in [0, 0.1) is 11.8 Å². The van der Waals surface area contributed by atoms with Crippen molar-refractivity contribution in [1.82, 2.24) is 0 Å². The summed E-state index contributed by atoms with van der Waals surface area (Å²) in [4.78, 5) is 0. The van der Waals surface area contributed by atoms with Gasteiger partial charge in [0.25, 0.3) is 0 Å². The van der Waals surface area contributed by atoms with Crippen LogP contribution in [0.4, 0.5) is 0 Å². The van der Waals surface area contributed by atoms with Gasteiger partial charge in [0.05, 0.1) is 0 Å². The Balaban J connectivity index is 4.56. The highest BCUT2D eigenvalue weighted by Crippen LogP contribution is 2.13. The number of allylic oxidation sites excluding steroid dienone is 3. The van der Waals surface area contributed by atoms with E-state index in [0.717, 1.165) is 5.57 Å². The fourth-order valence-corrected chi connectivity index (χ4v) is 1.57. The van der Waals surface area contributed by atoms with Gasteiger partial charge in [0.2, 0.25) is 0 Å². The first-order valence-electron chi connectivity index (χ1n) is 6.78. The van der Waals surface area contributed by atoms with Crippen LogP contribution < -0.4 is 0 Å². The van der Waals surface area contributed by atoms with Gasteiger partial charge in [-0.1, -0.05) is 32.6 Å². The van der Waals surface area contributed by atoms with Gasteiger partial charge in [-0.2, -0.15) is 0 Å². The SMILES string of the molecule is CC#C/C(C)=C\C=C=C(CCCC)CCCC. The summed E-state index contributed by atoms with van der Waals surface area (Å²) in [6.45, 7) is 8.38. The third kappa shape index (κ3) is 9.73. The van der Waals surface area contributed by atoms with E-state index in [9.17, 15) is 0 Å². The number of hydrogen-bond donors (Lipinski definition) is 0. The number of hydrogen-bond acceptors (Lipinski definition) is 0. The van der Waals surface area contributed by atoms with E-state index in [2.05, 4.69) is 31.4 Å². The molecule has 94 valence electrons. The molecule has 0 nitrogen and oxygen atoms in total. The van der Waals surface area contributed by atoms with Crippen LogP contribution in [0.3, 0.4) is 0 Å².